The number of ether oxygens (including phenoxy) is 1. The van der Waals surface area contributed by atoms with Crippen LogP contribution in [0.2, 0.25) is 5.02 Å². The number of hydrogen-bond donors (Lipinski definition) is 0. The van der Waals surface area contributed by atoms with E-state index < -0.39 is 5.92 Å². The molecule has 1 atom stereocenters. The van der Waals surface area contributed by atoms with Crippen molar-refractivity contribution in [3.8, 4) is 0 Å². The highest BCUT2D eigenvalue weighted by Gasteiger charge is 2.35. The Kier molecular flexibility index (Phi) is 5.39. The predicted molar refractivity (Wildman–Crippen MR) is 96.0 cm³/mol. The Morgan fingerprint density at radius 2 is 1.76 bits per heavy atom. The van der Waals surface area contributed by atoms with Gasteiger partial charge in [-0.1, -0.05) is 53.6 Å². The molecule has 2 aromatic rings. The molecule has 1 saturated heterocycles. The molecule has 3 rings (SSSR count). The first-order valence-electron chi connectivity index (χ1n) is 8.25. The van der Waals surface area contributed by atoms with Crippen molar-refractivity contribution in [1.29, 1.82) is 0 Å². The lowest BCUT2D eigenvalue weighted by Crippen LogP contribution is -2.26. The van der Waals surface area contributed by atoms with E-state index in [1.807, 2.05) is 43.3 Å². The molecule has 0 N–H and O–H groups in total. The Balaban J connectivity index is 1.53. The van der Waals surface area contributed by atoms with Crippen molar-refractivity contribution in [3.63, 3.8) is 0 Å². The first-order chi connectivity index (χ1) is 12.0. The summed E-state index contributed by atoms with van der Waals surface area (Å²) in [6.07, 6.45) is 0.214. The molecule has 0 spiro atoms. The van der Waals surface area contributed by atoms with Gasteiger partial charge in [-0.2, -0.15) is 0 Å². The molecule has 0 aromatic heterocycles. The third kappa shape index (κ3) is 4.60. The number of rotatable bonds is 5. The van der Waals surface area contributed by atoms with Crippen LogP contribution in [0.1, 0.15) is 23.1 Å². The maximum atomic E-state index is 12.2. The van der Waals surface area contributed by atoms with Crippen molar-refractivity contribution >= 4 is 23.5 Å². The van der Waals surface area contributed by atoms with Crippen LogP contribution in [0.15, 0.2) is 48.5 Å². The summed E-state index contributed by atoms with van der Waals surface area (Å²) in [7, 11) is 0. The van der Waals surface area contributed by atoms with E-state index in [9.17, 15) is 9.59 Å². The first kappa shape index (κ1) is 17.5. The van der Waals surface area contributed by atoms with Gasteiger partial charge in [-0.15, -0.1) is 0 Å². The van der Waals surface area contributed by atoms with E-state index in [4.69, 9.17) is 16.3 Å². The molecule has 0 saturated carbocycles. The summed E-state index contributed by atoms with van der Waals surface area (Å²) in [6, 6.07) is 15.2. The number of carbonyl (C=O) groups is 2. The number of benzene rings is 2. The Morgan fingerprint density at radius 3 is 2.44 bits per heavy atom. The van der Waals surface area contributed by atoms with E-state index >= 15 is 0 Å². The summed E-state index contributed by atoms with van der Waals surface area (Å²) in [5.41, 5.74) is 3.12. The minimum absolute atomic E-state index is 0.00554. The lowest BCUT2D eigenvalue weighted by Gasteiger charge is -2.16. The molecule has 25 heavy (non-hydrogen) atoms. The van der Waals surface area contributed by atoms with E-state index in [0.717, 1.165) is 11.1 Å². The third-order valence-electron chi connectivity index (χ3n) is 4.34. The molecule has 130 valence electrons. The molecule has 1 aliphatic heterocycles. The van der Waals surface area contributed by atoms with Gasteiger partial charge in [0.15, 0.2) is 0 Å². The highest BCUT2D eigenvalue weighted by Crippen LogP contribution is 2.22. The average Bonchev–Trinajstić information content (AvgIpc) is 2.97. The van der Waals surface area contributed by atoms with Crippen molar-refractivity contribution < 1.29 is 14.3 Å². The van der Waals surface area contributed by atoms with Crippen LogP contribution in [-0.2, 0) is 27.5 Å². The van der Waals surface area contributed by atoms with Crippen molar-refractivity contribution in [1.82, 2.24) is 4.90 Å². The zero-order valence-electron chi connectivity index (χ0n) is 14.1. The average molecular weight is 358 g/mol. The number of likely N-dealkylation sites (tertiary alicyclic amines) is 1. The second-order valence-corrected chi connectivity index (χ2v) is 6.83. The number of nitrogens with zero attached hydrogens (tertiary/aromatic N) is 1. The number of aryl methyl sites for hydroxylation is 1. The van der Waals surface area contributed by atoms with E-state index in [1.54, 1.807) is 17.0 Å². The van der Waals surface area contributed by atoms with Crippen LogP contribution >= 0.6 is 11.6 Å². The first-order valence-corrected chi connectivity index (χ1v) is 8.63. The molecule has 1 fully saturated rings. The van der Waals surface area contributed by atoms with Gasteiger partial charge in [-0.3, -0.25) is 9.59 Å². The zero-order valence-corrected chi connectivity index (χ0v) is 14.8. The summed E-state index contributed by atoms with van der Waals surface area (Å²) in [6.45, 7) is 3.16. The van der Waals surface area contributed by atoms with Crippen molar-refractivity contribution in [2.45, 2.75) is 26.5 Å². The Hall–Kier alpha value is -2.33. The molecule has 0 bridgehead atoms. The van der Waals surface area contributed by atoms with Gasteiger partial charge < -0.3 is 9.64 Å². The summed E-state index contributed by atoms with van der Waals surface area (Å²) >= 11 is 5.83. The molecular weight excluding hydrogens is 338 g/mol. The van der Waals surface area contributed by atoms with Crippen molar-refractivity contribution in [2.24, 2.45) is 5.92 Å². The topological polar surface area (TPSA) is 46.6 Å². The Morgan fingerprint density at radius 1 is 1.12 bits per heavy atom. The van der Waals surface area contributed by atoms with E-state index in [0.29, 0.717) is 18.1 Å². The molecule has 1 heterocycles. The normalized spacial score (nSPS) is 17.0. The van der Waals surface area contributed by atoms with Crippen LogP contribution in [0.3, 0.4) is 0 Å². The standard InChI is InChI=1S/C20H20ClNO3/c1-14-2-4-15(5-3-14)11-22-12-17(10-19(22)23)20(24)25-13-16-6-8-18(21)9-7-16/h2-9,17H,10-13H2,1H3. The molecule has 0 aliphatic carbocycles. The predicted octanol–water partition coefficient (Wildman–Crippen LogP) is 3.74. The van der Waals surface area contributed by atoms with Gasteiger partial charge in [0.05, 0.1) is 5.92 Å². The molecule has 0 radical (unpaired) electrons. The summed E-state index contributed by atoms with van der Waals surface area (Å²) < 4.78 is 5.35. The molecule has 1 amide bonds. The molecule has 5 heteroatoms. The van der Waals surface area contributed by atoms with Gasteiger partial charge in [0, 0.05) is 24.5 Å². The Bertz CT molecular complexity index is 756. The van der Waals surface area contributed by atoms with Gasteiger partial charge in [-0.25, -0.2) is 0 Å². The molecule has 2 aromatic carbocycles. The number of amides is 1. The lowest BCUT2D eigenvalue weighted by atomic mass is 10.1. The zero-order chi connectivity index (χ0) is 17.8. The summed E-state index contributed by atoms with van der Waals surface area (Å²) in [5.74, 6) is -0.728. The third-order valence-corrected chi connectivity index (χ3v) is 4.59. The van der Waals surface area contributed by atoms with Crippen LogP contribution in [0.5, 0.6) is 0 Å². The van der Waals surface area contributed by atoms with Crippen LogP contribution < -0.4 is 0 Å². The Labute approximate surface area is 152 Å². The van der Waals surface area contributed by atoms with Crippen LogP contribution in [0, 0.1) is 12.8 Å². The van der Waals surface area contributed by atoms with Crippen molar-refractivity contribution in [2.75, 3.05) is 6.54 Å². The largest absolute Gasteiger partial charge is 0.461 e. The number of carbonyl (C=O) groups excluding carboxylic acids is 2. The van der Waals surface area contributed by atoms with Crippen LogP contribution in [0.25, 0.3) is 0 Å². The van der Waals surface area contributed by atoms with Gasteiger partial charge in [0.25, 0.3) is 0 Å². The minimum atomic E-state index is -0.398. The second kappa shape index (κ2) is 7.70. The highest BCUT2D eigenvalue weighted by molar-refractivity contribution is 6.30. The van der Waals surface area contributed by atoms with Gasteiger partial charge in [0.1, 0.15) is 6.61 Å². The summed E-state index contributed by atoms with van der Waals surface area (Å²) in [5, 5.41) is 0.642. The summed E-state index contributed by atoms with van der Waals surface area (Å²) in [4.78, 5) is 26.1. The molecule has 1 unspecified atom stereocenters. The van der Waals surface area contributed by atoms with Crippen LogP contribution in [-0.4, -0.2) is 23.3 Å². The monoisotopic (exact) mass is 357 g/mol. The smallest absolute Gasteiger partial charge is 0.311 e. The molecule has 1 aliphatic rings. The SMILES string of the molecule is Cc1ccc(CN2CC(C(=O)OCc3ccc(Cl)cc3)CC2=O)cc1. The van der Waals surface area contributed by atoms with Crippen LogP contribution in [0.4, 0.5) is 0 Å². The molecule has 4 nitrogen and oxygen atoms in total. The number of esters is 1. The lowest BCUT2D eigenvalue weighted by molar-refractivity contribution is -0.149. The van der Waals surface area contributed by atoms with Gasteiger partial charge in [-0.05, 0) is 30.2 Å². The highest BCUT2D eigenvalue weighted by atomic mass is 35.5. The van der Waals surface area contributed by atoms with Gasteiger partial charge >= 0.3 is 5.97 Å². The van der Waals surface area contributed by atoms with Gasteiger partial charge in [0.2, 0.25) is 5.91 Å². The van der Waals surface area contributed by atoms with E-state index in [-0.39, 0.29) is 24.9 Å². The maximum absolute atomic E-state index is 12.2. The quantitative estimate of drug-likeness (QED) is 0.766. The molecular formula is C20H20ClNO3. The fourth-order valence-corrected chi connectivity index (χ4v) is 2.98. The fraction of sp³-hybridized carbons (Fsp3) is 0.300. The van der Waals surface area contributed by atoms with Crippen molar-refractivity contribution in [3.05, 3.63) is 70.2 Å². The van der Waals surface area contributed by atoms with E-state index in [1.165, 1.54) is 5.56 Å². The maximum Gasteiger partial charge on any atom is 0.311 e. The second-order valence-electron chi connectivity index (χ2n) is 6.40. The number of halogens is 1. The minimum Gasteiger partial charge on any atom is -0.461 e. The van der Waals surface area contributed by atoms with E-state index in [2.05, 4.69) is 0 Å². The fourth-order valence-electron chi connectivity index (χ4n) is 2.85. The number of hydrogen-bond acceptors (Lipinski definition) is 3.